The molecule has 1 aromatic rings. The van der Waals surface area contributed by atoms with Gasteiger partial charge in [0.05, 0.1) is 6.61 Å². The second-order valence-corrected chi connectivity index (χ2v) is 4.53. The molecule has 2 rings (SSSR count). The first-order valence-corrected chi connectivity index (χ1v) is 6.17. The highest BCUT2D eigenvalue weighted by Gasteiger charge is 2.19. The first-order valence-electron chi connectivity index (χ1n) is 5.79. The Morgan fingerprint density at radius 2 is 2.39 bits per heavy atom. The Morgan fingerprint density at radius 1 is 1.56 bits per heavy atom. The quantitative estimate of drug-likeness (QED) is 0.622. The summed E-state index contributed by atoms with van der Waals surface area (Å²) in [6.07, 6.45) is 2.88. The number of hydrogen-bond donors (Lipinski definition) is 0. The van der Waals surface area contributed by atoms with E-state index in [0.717, 1.165) is 6.42 Å². The Morgan fingerprint density at radius 3 is 3.00 bits per heavy atom. The van der Waals surface area contributed by atoms with E-state index in [1.165, 1.54) is 5.57 Å². The SMILES string of the molecule is COCC1=CCN(C(=O)c2cccc(Cl)n2)CC1. The summed E-state index contributed by atoms with van der Waals surface area (Å²) < 4.78 is 5.08. The summed E-state index contributed by atoms with van der Waals surface area (Å²) in [7, 11) is 1.67. The lowest BCUT2D eigenvalue weighted by atomic mass is 10.1. The molecule has 1 aliphatic heterocycles. The van der Waals surface area contributed by atoms with E-state index in [0.29, 0.717) is 30.5 Å². The Hall–Kier alpha value is -1.39. The van der Waals surface area contributed by atoms with E-state index < -0.39 is 0 Å². The first kappa shape index (κ1) is 13.1. The maximum absolute atomic E-state index is 12.2. The van der Waals surface area contributed by atoms with Crippen LogP contribution in [0.15, 0.2) is 29.8 Å². The monoisotopic (exact) mass is 266 g/mol. The second kappa shape index (κ2) is 5.98. The Balaban J connectivity index is 2.04. The van der Waals surface area contributed by atoms with Gasteiger partial charge in [-0.25, -0.2) is 4.98 Å². The van der Waals surface area contributed by atoms with Crippen molar-refractivity contribution in [3.05, 3.63) is 40.7 Å². The number of pyridine rings is 1. The molecular weight excluding hydrogens is 252 g/mol. The van der Waals surface area contributed by atoms with E-state index in [4.69, 9.17) is 16.3 Å². The predicted octanol–water partition coefficient (Wildman–Crippen LogP) is 2.15. The van der Waals surface area contributed by atoms with Gasteiger partial charge in [0.1, 0.15) is 10.8 Å². The lowest BCUT2D eigenvalue weighted by Crippen LogP contribution is -2.35. The number of nitrogens with zero attached hydrogens (tertiary/aromatic N) is 2. The van der Waals surface area contributed by atoms with Gasteiger partial charge in [-0.15, -0.1) is 0 Å². The summed E-state index contributed by atoms with van der Waals surface area (Å²) in [6.45, 7) is 1.94. The van der Waals surface area contributed by atoms with E-state index in [1.54, 1.807) is 30.2 Å². The van der Waals surface area contributed by atoms with Crippen LogP contribution < -0.4 is 0 Å². The number of aromatic nitrogens is 1. The van der Waals surface area contributed by atoms with Gasteiger partial charge in [-0.2, -0.15) is 0 Å². The number of carbonyl (C=O) groups excluding carboxylic acids is 1. The van der Waals surface area contributed by atoms with E-state index in [1.807, 2.05) is 6.08 Å². The number of carbonyl (C=O) groups is 1. The molecule has 1 aliphatic rings. The van der Waals surface area contributed by atoms with Gasteiger partial charge in [-0.05, 0) is 24.1 Å². The Kier molecular flexibility index (Phi) is 4.33. The molecule has 2 heterocycles. The van der Waals surface area contributed by atoms with Gasteiger partial charge in [0, 0.05) is 20.2 Å². The van der Waals surface area contributed by atoms with Gasteiger partial charge >= 0.3 is 0 Å². The lowest BCUT2D eigenvalue weighted by molar-refractivity contribution is 0.0759. The van der Waals surface area contributed by atoms with Crippen LogP contribution in [0.1, 0.15) is 16.9 Å². The molecule has 0 spiro atoms. The number of halogens is 1. The summed E-state index contributed by atoms with van der Waals surface area (Å²) in [4.78, 5) is 18.0. The van der Waals surface area contributed by atoms with Crippen LogP contribution in [0.2, 0.25) is 5.15 Å². The standard InChI is InChI=1S/C13H15ClN2O2/c1-18-9-10-5-7-16(8-6-10)13(17)11-3-2-4-12(14)15-11/h2-5H,6-9H2,1H3. The minimum atomic E-state index is -0.0785. The molecule has 0 bridgehead atoms. The van der Waals surface area contributed by atoms with Gasteiger partial charge in [0.2, 0.25) is 0 Å². The van der Waals surface area contributed by atoms with Crippen molar-refractivity contribution in [1.29, 1.82) is 0 Å². The van der Waals surface area contributed by atoms with Crippen molar-refractivity contribution in [3.8, 4) is 0 Å². The molecule has 0 unspecified atom stereocenters. The molecule has 18 heavy (non-hydrogen) atoms. The predicted molar refractivity (Wildman–Crippen MR) is 69.7 cm³/mol. The molecule has 5 heteroatoms. The average Bonchev–Trinajstić information content (AvgIpc) is 2.39. The average molecular weight is 267 g/mol. The molecule has 4 nitrogen and oxygen atoms in total. The van der Waals surface area contributed by atoms with E-state index >= 15 is 0 Å². The summed E-state index contributed by atoms with van der Waals surface area (Å²) in [5.74, 6) is -0.0785. The van der Waals surface area contributed by atoms with Crippen LogP contribution in [0.5, 0.6) is 0 Å². The number of amides is 1. The molecule has 0 aromatic carbocycles. The molecule has 0 radical (unpaired) electrons. The Labute approximate surface area is 111 Å². The van der Waals surface area contributed by atoms with Gasteiger partial charge in [0.15, 0.2) is 0 Å². The van der Waals surface area contributed by atoms with Crippen molar-refractivity contribution in [3.63, 3.8) is 0 Å². The number of hydrogen-bond acceptors (Lipinski definition) is 3. The minimum absolute atomic E-state index is 0.0785. The zero-order chi connectivity index (χ0) is 13.0. The molecule has 0 fully saturated rings. The normalized spacial score (nSPS) is 15.4. The van der Waals surface area contributed by atoms with Crippen LogP contribution in [-0.2, 0) is 4.74 Å². The molecule has 0 atom stereocenters. The summed E-state index contributed by atoms with van der Waals surface area (Å²) in [6, 6.07) is 5.08. The van der Waals surface area contributed by atoms with Crippen LogP contribution in [0.3, 0.4) is 0 Å². The van der Waals surface area contributed by atoms with E-state index in [-0.39, 0.29) is 5.91 Å². The van der Waals surface area contributed by atoms with Crippen LogP contribution in [0.25, 0.3) is 0 Å². The molecule has 1 aromatic heterocycles. The summed E-state index contributed by atoms with van der Waals surface area (Å²) in [5, 5.41) is 0.341. The third kappa shape index (κ3) is 3.09. The highest BCUT2D eigenvalue weighted by molar-refractivity contribution is 6.29. The van der Waals surface area contributed by atoms with Crippen LogP contribution in [-0.4, -0.2) is 42.6 Å². The van der Waals surface area contributed by atoms with Crippen molar-refractivity contribution in [2.24, 2.45) is 0 Å². The van der Waals surface area contributed by atoms with Gasteiger partial charge in [-0.1, -0.05) is 23.7 Å². The highest BCUT2D eigenvalue weighted by Crippen LogP contribution is 2.14. The molecular formula is C13H15ClN2O2. The molecule has 0 aliphatic carbocycles. The second-order valence-electron chi connectivity index (χ2n) is 4.14. The maximum Gasteiger partial charge on any atom is 0.272 e. The van der Waals surface area contributed by atoms with Gasteiger partial charge in [0.25, 0.3) is 5.91 Å². The van der Waals surface area contributed by atoms with Gasteiger partial charge < -0.3 is 9.64 Å². The Bertz CT molecular complexity index is 474. The molecule has 1 amide bonds. The molecule has 0 saturated carbocycles. The molecule has 96 valence electrons. The molecule has 0 saturated heterocycles. The van der Waals surface area contributed by atoms with Crippen LogP contribution in [0, 0.1) is 0 Å². The fraction of sp³-hybridized carbons (Fsp3) is 0.385. The van der Waals surface area contributed by atoms with Crippen molar-refractivity contribution < 1.29 is 9.53 Å². The first-order chi connectivity index (χ1) is 8.70. The zero-order valence-corrected chi connectivity index (χ0v) is 11.0. The smallest absolute Gasteiger partial charge is 0.272 e. The van der Waals surface area contributed by atoms with Gasteiger partial charge in [-0.3, -0.25) is 4.79 Å². The van der Waals surface area contributed by atoms with E-state index in [9.17, 15) is 4.79 Å². The minimum Gasteiger partial charge on any atom is -0.380 e. The summed E-state index contributed by atoms with van der Waals surface area (Å²) >= 11 is 5.78. The van der Waals surface area contributed by atoms with Crippen molar-refractivity contribution in [1.82, 2.24) is 9.88 Å². The number of ether oxygens (including phenoxy) is 1. The van der Waals surface area contributed by atoms with Crippen LogP contribution >= 0.6 is 11.6 Å². The fourth-order valence-electron chi connectivity index (χ4n) is 1.90. The largest absolute Gasteiger partial charge is 0.380 e. The maximum atomic E-state index is 12.2. The zero-order valence-electron chi connectivity index (χ0n) is 10.2. The van der Waals surface area contributed by atoms with E-state index in [2.05, 4.69) is 4.98 Å². The number of methoxy groups -OCH3 is 1. The third-order valence-corrected chi connectivity index (χ3v) is 3.06. The van der Waals surface area contributed by atoms with Crippen LogP contribution in [0.4, 0.5) is 0 Å². The topological polar surface area (TPSA) is 42.4 Å². The van der Waals surface area contributed by atoms with Crippen molar-refractivity contribution >= 4 is 17.5 Å². The fourth-order valence-corrected chi connectivity index (χ4v) is 2.07. The summed E-state index contributed by atoms with van der Waals surface area (Å²) in [5.41, 5.74) is 1.63. The van der Waals surface area contributed by atoms with Crippen molar-refractivity contribution in [2.75, 3.05) is 26.8 Å². The lowest BCUT2D eigenvalue weighted by Gasteiger charge is -2.26. The van der Waals surface area contributed by atoms with Crippen molar-refractivity contribution in [2.45, 2.75) is 6.42 Å². The number of rotatable bonds is 3. The third-order valence-electron chi connectivity index (χ3n) is 2.85. The molecule has 0 N–H and O–H groups in total. The highest BCUT2D eigenvalue weighted by atomic mass is 35.5.